The summed E-state index contributed by atoms with van der Waals surface area (Å²) in [4.78, 5) is 0. The van der Waals surface area contributed by atoms with Gasteiger partial charge >= 0.3 is 0 Å². The van der Waals surface area contributed by atoms with Gasteiger partial charge in [0.1, 0.15) is 0 Å². The van der Waals surface area contributed by atoms with Crippen molar-refractivity contribution >= 4 is 21.4 Å². The molecule has 100 valence electrons. The predicted molar refractivity (Wildman–Crippen MR) is 72.3 cm³/mol. The Morgan fingerprint density at radius 3 is 2.79 bits per heavy atom. The number of hydrogen-bond donors (Lipinski definition) is 1. The molecular weight excluding hydrogens is 264 g/mol. The first-order valence-electron chi connectivity index (χ1n) is 5.89. The molecule has 1 aromatic carbocycles. The maximum atomic E-state index is 12.6. The number of sulfonamides is 1. The fourth-order valence-corrected chi connectivity index (χ4v) is 3.98. The summed E-state index contributed by atoms with van der Waals surface area (Å²) in [6.45, 7) is 0.437. The summed E-state index contributed by atoms with van der Waals surface area (Å²) in [5.41, 5.74) is 8.04. The minimum Gasteiger partial charge on any atom is -0.399 e. The second kappa shape index (κ2) is 3.99. The van der Waals surface area contributed by atoms with E-state index in [0.29, 0.717) is 24.3 Å². The lowest BCUT2D eigenvalue weighted by Gasteiger charge is -2.19. The summed E-state index contributed by atoms with van der Waals surface area (Å²) in [5, 5.41) is 4.11. The van der Waals surface area contributed by atoms with Crippen molar-refractivity contribution in [1.29, 1.82) is 0 Å². The Balaban J connectivity index is 2.09. The van der Waals surface area contributed by atoms with E-state index in [2.05, 4.69) is 5.10 Å². The third-order valence-electron chi connectivity index (χ3n) is 3.29. The van der Waals surface area contributed by atoms with E-state index in [9.17, 15) is 8.42 Å². The molecule has 19 heavy (non-hydrogen) atoms. The summed E-state index contributed by atoms with van der Waals surface area (Å²) in [7, 11) is -1.94. The van der Waals surface area contributed by atoms with Gasteiger partial charge in [-0.25, -0.2) is 0 Å². The highest BCUT2D eigenvalue weighted by Gasteiger charge is 2.32. The van der Waals surface area contributed by atoms with E-state index in [1.54, 1.807) is 19.2 Å². The lowest BCUT2D eigenvalue weighted by molar-refractivity contribution is 0.573. The van der Waals surface area contributed by atoms with Gasteiger partial charge in [0.05, 0.1) is 11.9 Å². The molecule has 2 heterocycles. The Kier molecular flexibility index (Phi) is 2.53. The minimum atomic E-state index is -3.56. The summed E-state index contributed by atoms with van der Waals surface area (Å²) in [6.07, 6.45) is 2.16. The quantitative estimate of drug-likeness (QED) is 0.822. The van der Waals surface area contributed by atoms with Crippen molar-refractivity contribution in [3.63, 3.8) is 0 Å². The molecule has 7 heteroatoms. The molecule has 0 amide bonds. The van der Waals surface area contributed by atoms with Crippen LogP contribution in [0.2, 0.25) is 0 Å². The molecule has 1 aliphatic rings. The van der Waals surface area contributed by atoms with Crippen molar-refractivity contribution in [3.05, 3.63) is 36.0 Å². The lowest BCUT2D eigenvalue weighted by atomic mass is 10.1. The largest absolute Gasteiger partial charge is 0.399 e. The van der Waals surface area contributed by atoms with Crippen molar-refractivity contribution in [1.82, 2.24) is 9.78 Å². The first-order chi connectivity index (χ1) is 9.00. The van der Waals surface area contributed by atoms with E-state index >= 15 is 0 Å². The first kappa shape index (κ1) is 12.0. The molecule has 2 aromatic rings. The lowest BCUT2D eigenvalue weighted by Crippen LogP contribution is -2.30. The molecule has 3 rings (SSSR count). The predicted octanol–water partition coefficient (Wildman–Crippen LogP) is 0.754. The Morgan fingerprint density at radius 2 is 2.11 bits per heavy atom. The van der Waals surface area contributed by atoms with Crippen LogP contribution in [0.1, 0.15) is 5.56 Å². The van der Waals surface area contributed by atoms with E-state index in [4.69, 9.17) is 5.73 Å². The molecule has 0 unspecified atom stereocenters. The van der Waals surface area contributed by atoms with Gasteiger partial charge in [0.2, 0.25) is 0 Å². The number of nitrogens with zero attached hydrogens (tertiary/aromatic N) is 3. The van der Waals surface area contributed by atoms with Crippen LogP contribution in [-0.2, 0) is 23.5 Å². The zero-order valence-corrected chi connectivity index (χ0v) is 11.3. The van der Waals surface area contributed by atoms with Crippen LogP contribution in [0.5, 0.6) is 0 Å². The van der Waals surface area contributed by atoms with Gasteiger partial charge in [0, 0.05) is 19.3 Å². The number of anilines is 2. The molecular formula is C12H14N4O2S. The molecule has 6 nitrogen and oxygen atoms in total. The second-order valence-electron chi connectivity index (χ2n) is 4.51. The number of hydrogen-bond acceptors (Lipinski definition) is 4. The van der Waals surface area contributed by atoms with E-state index in [1.165, 1.54) is 21.3 Å². The average molecular weight is 278 g/mol. The van der Waals surface area contributed by atoms with Gasteiger partial charge in [-0.3, -0.25) is 8.99 Å². The highest BCUT2D eigenvalue weighted by atomic mass is 32.2. The molecule has 1 aromatic heterocycles. The van der Waals surface area contributed by atoms with Crippen molar-refractivity contribution in [2.45, 2.75) is 11.4 Å². The minimum absolute atomic E-state index is 0.192. The van der Waals surface area contributed by atoms with Gasteiger partial charge in [0.15, 0.2) is 5.03 Å². The van der Waals surface area contributed by atoms with Crippen LogP contribution in [0.4, 0.5) is 11.4 Å². The van der Waals surface area contributed by atoms with Gasteiger partial charge in [-0.2, -0.15) is 13.5 Å². The zero-order chi connectivity index (χ0) is 13.6. The van der Waals surface area contributed by atoms with E-state index < -0.39 is 10.0 Å². The number of rotatable bonds is 2. The molecule has 2 N–H and O–H groups in total. The van der Waals surface area contributed by atoms with E-state index in [1.807, 2.05) is 6.07 Å². The number of benzene rings is 1. The molecule has 0 saturated carbocycles. The standard InChI is InChI=1S/C12H14N4O2S/c1-15-12(4-6-14-15)19(17,18)16-7-5-9-8-10(13)2-3-11(9)16/h2-4,6,8H,5,7,13H2,1H3. The summed E-state index contributed by atoms with van der Waals surface area (Å²) in [6, 6.07) is 6.81. The molecule has 0 spiro atoms. The summed E-state index contributed by atoms with van der Waals surface area (Å²) < 4.78 is 28.0. The van der Waals surface area contributed by atoms with Crippen LogP contribution in [0, 0.1) is 0 Å². The highest BCUT2D eigenvalue weighted by Crippen LogP contribution is 2.33. The normalized spacial score (nSPS) is 14.7. The summed E-state index contributed by atoms with van der Waals surface area (Å²) >= 11 is 0. The van der Waals surface area contributed by atoms with Crippen molar-refractivity contribution in [2.24, 2.45) is 7.05 Å². The topological polar surface area (TPSA) is 81.2 Å². The third kappa shape index (κ3) is 1.77. The number of aromatic nitrogens is 2. The molecule has 0 fully saturated rings. The second-order valence-corrected chi connectivity index (χ2v) is 6.32. The monoisotopic (exact) mass is 278 g/mol. The molecule has 0 aliphatic carbocycles. The van der Waals surface area contributed by atoms with Crippen molar-refractivity contribution in [3.8, 4) is 0 Å². The molecule has 0 bridgehead atoms. The van der Waals surface area contributed by atoms with Gasteiger partial charge in [-0.05, 0) is 36.2 Å². The smallest absolute Gasteiger partial charge is 0.281 e. The number of fused-ring (bicyclic) bond motifs is 1. The van der Waals surface area contributed by atoms with E-state index in [0.717, 1.165) is 5.56 Å². The first-order valence-corrected chi connectivity index (χ1v) is 7.33. The Bertz CT molecular complexity index is 736. The highest BCUT2D eigenvalue weighted by molar-refractivity contribution is 7.92. The van der Waals surface area contributed by atoms with Gasteiger partial charge < -0.3 is 5.73 Å². The molecule has 0 saturated heterocycles. The van der Waals surface area contributed by atoms with Crippen LogP contribution in [0.3, 0.4) is 0 Å². The fourth-order valence-electron chi connectivity index (χ4n) is 2.37. The Labute approximate surface area is 111 Å². The maximum Gasteiger partial charge on any atom is 0.281 e. The average Bonchev–Trinajstić information content (AvgIpc) is 2.94. The fraction of sp³-hybridized carbons (Fsp3) is 0.250. The van der Waals surface area contributed by atoms with E-state index in [-0.39, 0.29) is 5.03 Å². The van der Waals surface area contributed by atoms with Crippen LogP contribution in [-0.4, -0.2) is 24.7 Å². The van der Waals surface area contributed by atoms with Gasteiger partial charge in [0.25, 0.3) is 10.0 Å². The van der Waals surface area contributed by atoms with Crippen LogP contribution in [0.15, 0.2) is 35.5 Å². The van der Waals surface area contributed by atoms with Crippen molar-refractivity contribution in [2.75, 3.05) is 16.6 Å². The zero-order valence-electron chi connectivity index (χ0n) is 10.4. The molecule has 0 atom stereocenters. The molecule has 0 radical (unpaired) electrons. The van der Waals surface area contributed by atoms with Crippen molar-refractivity contribution < 1.29 is 8.42 Å². The summed E-state index contributed by atoms with van der Waals surface area (Å²) in [5.74, 6) is 0. The van der Waals surface area contributed by atoms with Crippen LogP contribution >= 0.6 is 0 Å². The SMILES string of the molecule is Cn1nccc1S(=O)(=O)N1CCc2cc(N)ccc21. The number of nitrogen functional groups attached to an aromatic ring is 1. The Morgan fingerprint density at radius 1 is 1.32 bits per heavy atom. The van der Waals surface area contributed by atoms with Crippen LogP contribution < -0.4 is 10.0 Å². The third-order valence-corrected chi connectivity index (χ3v) is 5.18. The molecule has 1 aliphatic heterocycles. The van der Waals surface area contributed by atoms with Crippen LogP contribution in [0.25, 0.3) is 0 Å². The number of nitrogens with two attached hydrogens (primary N) is 1. The maximum absolute atomic E-state index is 12.6. The Hall–Kier alpha value is -2.02. The number of aryl methyl sites for hydroxylation is 1. The van der Waals surface area contributed by atoms with Gasteiger partial charge in [-0.15, -0.1) is 0 Å². The van der Waals surface area contributed by atoms with Gasteiger partial charge in [-0.1, -0.05) is 0 Å².